The molecule has 0 amide bonds. The maximum absolute atomic E-state index is 12.7. The molecule has 6 nitrogen and oxygen atoms in total. The van der Waals surface area contributed by atoms with Gasteiger partial charge in [0.2, 0.25) is 0 Å². The van der Waals surface area contributed by atoms with Gasteiger partial charge in [-0.05, 0) is 93.6 Å². The minimum Gasteiger partial charge on any atom is -0.478 e. The van der Waals surface area contributed by atoms with Crippen molar-refractivity contribution in [1.29, 1.82) is 0 Å². The highest BCUT2D eigenvalue weighted by Crippen LogP contribution is 2.51. The summed E-state index contributed by atoms with van der Waals surface area (Å²) in [4.78, 5) is 28.3. The quantitative estimate of drug-likeness (QED) is 0.151. The molecule has 0 atom stereocenters. The lowest BCUT2D eigenvalue weighted by molar-refractivity contribution is 0.0697. The first-order valence-electron chi connectivity index (χ1n) is 25.1. The molecule has 6 heteroatoms. The summed E-state index contributed by atoms with van der Waals surface area (Å²) in [6.07, 6.45) is 6.54. The molecule has 0 saturated heterocycles. The molecule has 8 aromatic carbocycles. The van der Waals surface area contributed by atoms with E-state index in [0.29, 0.717) is 0 Å². The number of carbonyl (C=O) groups is 1. The van der Waals surface area contributed by atoms with E-state index in [4.69, 9.17) is 9.97 Å². The zero-order chi connectivity index (χ0) is 50.2. The molecule has 13 rings (SSSR count). The van der Waals surface area contributed by atoms with Crippen LogP contribution in [0.3, 0.4) is 0 Å². The lowest BCUT2D eigenvalue weighted by atomic mass is 9.90. The number of fused-ring (bicyclic) bond motifs is 8. The van der Waals surface area contributed by atoms with Crippen LogP contribution in [0.15, 0.2) is 249 Å². The summed E-state index contributed by atoms with van der Waals surface area (Å²) in [6.45, 7) is 0. The summed E-state index contributed by atoms with van der Waals surface area (Å²) in [5, 5.41) is 10.4. The zero-order valence-electron chi connectivity index (χ0n) is 40.6. The van der Waals surface area contributed by atoms with Gasteiger partial charge in [-0.15, -0.1) is 0 Å². The molecule has 2 N–H and O–H groups in total. The molecule has 0 fully saturated rings. The number of carboxylic acid groups (broad SMARTS) is 1. The molecular formula is C69H46N4O2. The summed E-state index contributed by atoms with van der Waals surface area (Å²) in [7, 11) is 0. The Morgan fingerprint density at radius 2 is 0.733 bits per heavy atom. The van der Waals surface area contributed by atoms with Gasteiger partial charge in [-0.3, -0.25) is 0 Å². The molecule has 2 aliphatic heterocycles. The Bertz CT molecular complexity index is 4190. The number of nitrogens with one attached hydrogen (secondary N) is 1. The average Bonchev–Trinajstić information content (AvgIpc) is 4.31. The summed E-state index contributed by atoms with van der Waals surface area (Å²) in [5.41, 5.74) is 21.1. The van der Waals surface area contributed by atoms with Crippen LogP contribution in [0.1, 0.15) is 38.7 Å². The number of carboxylic acids is 1. The molecule has 5 heterocycles. The van der Waals surface area contributed by atoms with E-state index in [1.807, 2.05) is 30.3 Å². The molecule has 8 bridgehead atoms. The first kappa shape index (κ1) is 44.7. The van der Waals surface area contributed by atoms with Crippen LogP contribution in [-0.4, -0.2) is 30.6 Å². The summed E-state index contributed by atoms with van der Waals surface area (Å²) in [5.74, 6) is -1.00. The minimum absolute atomic E-state index is 0.186. The lowest BCUT2D eigenvalue weighted by Crippen LogP contribution is -2.01. The number of hydrogen-bond donors (Lipinski definition) is 2. The Morgan fingerprint density at radius 1 is 0.360 bits per heavy atom. The third kappa shape index (κ3) is 8.08. The van der Waals surface area contributed by atoms with Gasteiger partial charge in [0.1, 0.15) is 0 Å². The van der Waals surface area contributed by atoms with Gasteiger partial charge in [0.05, 0.1) is 39.4 Å². The molecule has 0 aliphatic carbocycles. The summed E-state index contributed by atoms with van der Waals surface area (Å²) in [6, 6.07) is 85.4. The predicted molar refractivity (Wildman–Crippen MR) is 308 cm³/mol. The van der Waals surface area contributed by atoms with Crippen LogP contribution in [0.2, 0.25) is 0 Å². The van der Waals surface area contributed by atoms with Crippen molar-refractivity contribution in [2.24, 2.45) is 0 Å². The smallest absolute Gasteiger partial charge is 0.335 e. The van der Waals surface area contributed by atoms with E-state index >= 15 is 0 Å². The summed E-state index contributed by atoms with van der Waals surface area (Å²) >= 11 is 0. The van der Waals surface area contributed by atoms with E-state index in [9.17, 15) is 9.90 Å². The van der Waals surface area contributed by atoms with E-state index in [2.05, 4.69) is 234 Å². The van der Waals surface area contributed by atoms with Crippen molar-refractivity contribution >= 4 is 51.8 Å². The first-order valence-corrected chi connectivity index (χ1v) is 25.1. The van der Waals surface area contributed by atoms with Gasteiger partial charge < -0.3 is 14.7 Å². The van der Waals surface area contributed by atoms with Crippen molar-refractivity contribution < 1.29 is 9.90 Å². The highest BCUT2D eigenvalue weighted by Gasteiger charge is 2.31. The molecule has 2 aliphatic rings. The number of aromatic amines is 1. The van der Waals surface area contributed by atoms with Gasteiger partial charge in [0.25, 0.3) is 0 Å². The van der Waals surface area contributed by atoms with Crippen LogP contribution >= 0.6 is 0 Å². The number of rotatable bonds is 9. The van der Waals surface area contributed by atoms with E-state index in [1.54, 1.807) is 12.1 Å². The third-order valence-corrected chi connectivity index (χ3v) is 14.1. The SMILES string of the molecule is O=C(O)c1ccc(-c2c3nc(c(-c4ccccc4)c4ccc([nH]4)c(-c4ccccc4)c4nc(c(-c5ccccc5)c5c(-c6ccccc6)c(-c6ccccc6)c2n5-c2ccccc2)C=C4)C=C3c2ccccc2)cc1. The van der Waals surface area contributed by atoms with Crippen molar-refractivity contribution in [2.45, 2.75) is 0 Å². The third-order valence-electron chi connectivity index (χ3n) is 14.1. The number of aromatic nitrogens is 4. The molecular weight excluding hydrogens is 917 g/mol. The van der Waals surface area contributed by atoms with Crippen LogP contribution in [0, 0.1) is 0 Å². The van der Waals surface area contributed by atoms with E-state index in [-0.39, 0.29) is 5.56 Å². The van der Waals surface area contributed by atoms with Gasteiger partial charge in [0.15, 0.2) is 0 Å². The van der Waals surface area contributed by atoms with E-state index in [0.717, 1.165) is 128 Å². The Hall–Kier alpha value is -10.2. The van der Waals surface area contributed by atoms with Crippen molar-refractivity contribution in [3.05, 3.63) is 283 Å². The van der Waals surface area contributed by atoms with Gasteiger partial charge in [-0.2, -0.15) is 0 Å². The largest absolute Gasteiger partial charge is 0.478 e. The normalized spacial score (nSPS) is 11.9. The molecule has 3 aromatic heterocycles. The van der Waals surface area contributed by atoms with Crippen LogP contribution in [-0.2, 0) is 0 Å². The highest BCUT2D eigenvalue weighted by molar-refractivity contribution is 6.16. The van der Waals surface area contributed by atoms with Crippen LogP contribution < -0.4 is 0 Å². The van der Waals surface area contributed by atoms with Crippen molar-refractivity contribution in [1.82, 2.24) is 19.5 Å². The standard InChI is InChI=1S/C69H46N4O2/c74-69(75)52-38-36-51(37-39-52)65-66-54(45-22-8-1-9-23-45)44-59(72-66)61(47-26-12-3-13-27-47)57-41-40-55(70-57)60(46-24-10-2-11-25-46)56-42-43-58(71-56)62(48-28-14-4-15-29-48)67-63(49-30-16-5-17-31-49)64(50-32-18-6-19-33-50)68(65)73(67)53-34-20-7-21-35-53/h1-44,70H,(H,74,75). The number of H-pyrrole nitrogens is 1. The van der Waals surface area contributed by atoms with Crippen molar-refractivity contribution in [2.75, 3.05) is 0 Å². The lowest BCUT2D eigenvalue weighted by Gasteiger charge is -2.16. The number of nitrogens with zero attached hydrogens (tertiary/aromatic N) is 3. The average molecular weight is 963 g/mol. The number of benzene rings is 8. The monoisotopic (exact) mass is 962 g/mol. The fourth-order valence-corrected chi connectivity index (χ4v) is 10.8. The maximum atomic E-state index is 12.7. The molecule has 0 unspecified atom stereocenters. The fourth-order valence-electron chi connectivity index (χ4n) is 10.8. The summed E-state index contributed by atoms with van der Waals surface area (Å²) < 4.78 is 2.41. The Labute approximate surface area is 434 Å². The maximum Gasteiger partial charge on any atom is 0.335 e. The molecule has 0 saturated carbocycles. The number of para-hydroxylation sites is 1. The van der Waals surface area contributed by atoms with E-state index < -0.39 is 5.97 Å². The van der Waals surface area contributed by atoms with E-state index in [1.165, 1.54) is 0 Å². The zero-order valence-corrected chi connectivity index (χ0v) is 40.6. The predicted octanol–water partition coefficient (Wildman–Crippen LogP) is 17.2. The van der Waals surface area contributed by atoms with Gasteiger partial charge >= 0.3 is 5.97 Å². The topological polar surface area (TPSA) is 83.8 Å². The van der Waals surface area contributed by atoms with Crippen LogP contribution in [0.4, 0.5) is 0 Å². The Balaban J connectivity index is 1.40. The number of aromatic carboxylic acids is 1. The second-order valence-corrected chi connectivity index (χ2v) is 18.6. The fraction of sp³-hybridized carbons (Fsp3) is 0. The Kier molecular flexibility index (Phi) is 11.4. The van der Waals surface area contributed by atoms with Crippen molar-refractivity contribution in [3.63, 3.8) is 0 Å². The highest BCUT2D eigenvalue weighted by atomic mass is 16.4. The van der Waals surface area contributed by atoms with Gasteiger partial charge in [-0.1, -0.05) is 212 Å². The molecule has 0 spiro atoms. The minimum atomic E-state index is -1.00. The van der Waals surface area contributed by atoms with Crippen molar-refractivity contribution in [3.8, 4) is 72.4 Å². The molecule has 354 valence electrons. The van der Waals surface area contributed by atoms with Crippen LogP contribution in [0.5, 0.6) is 0 Å². The number of hydrogen-bond acceptors (Lipinski definition) is 3. The Morgan fingerprint density at radius 3 is 1.20 bits per heavy atom. The first-order chi connectivity index (χ1) is 37.1. The second kappa shape index (κ2) is 19.1. The van der Waals surface area contributed by atoms with Crippen LogP contribution in [0.25, 0.3) is 118 Å². The second-order valence-electron chi connectivity index (χ2n) is 18.6. The van der Waals surface area contributed by atoms with Gasteiger partial charge in [0, 0.05) is 55.7 Å². The molecule has 75 heavy (non-hydrogen) atoms. The molecule has 0 radical (unpaired) electrons. The van der Waals surface area contributed by atoms with Gasteiger partial charge in [-0.25, -0.2) is 14.8 Å². The molecule has 11 aromatic rings.